The molecule has 3 N–H and O–H groups in total. The van der Waals surface area contributed by atoms with Gasteiger partial charge in [0.1, 0.15) is 0 Å². The fourth-order valence-corrected chi connectivity index (χ4v) is 4.63. The molecule has 31 heavy (non-hydrogen) atoms. The Balaban J connectivity index is 1.58. The molecule has 2 heterocycles. The van der Waals surface area contributed by atoms with Crippen molar-refractivity contribution in [1.29, 1.82) is 0 Å². The van der Waals surface area contributed by atoms with Gasteiger partial charge in [-0.05, 0) is 27.1 Å². The Labute approximate surface area is 185 Å². The largest absolute Gasteiger partial charge is 0.392 e. The van der Waals surface area contributed by atoms with E-state index in [-0.39, 0.29) is 24.7 Å². The van der Waals surface area contributed by atoms with Gasteiger partial charge in [0, 0.05) is 30.8 Å². The number of hydrogen-bond donors (Lipinski definition) is 2. The van der Waals surface area contributed by atoms with Crippen LogP contribution in [0.15, 0.2) is 53.7 Å². The van der Waals surface area contributed by atoms with Crippen LogP contribution < -0.4 is 5.73 Å². The molecule has 1 aliphatic rings. The van der Waals surface area contributed by atoms with Gasteiger partial charge < -0.3 is 20.3 Å². The number of thioether (sulfide) groups is 1. The van der Waals surface area contributed by atoms with E-state index in [0.29, 0.717) is 12.3 Å². The van der Waals surface area contributed by atoms with Crippen LogP contribution in [0.25, 0.3) is 0 Å². The summed E-state index contributed by atoms with van der Waals surface area (Å²) in [5, 5.41) is 21.8. The Hall–Kier alpha value is -2.30. The molecule has 0 saturated carbocycles. The van der Waals surface area contributed by atoms with E-state index in [4.69, 9.17) is 15.2 Å². The van der Waals surface area contributed by atoms with Crippen LogP contribution in [0, 0.1) is 5.92 Å². The summed E-state index contributed by atoms with van der Waals surface area (Å²) in [5.74, 6) is 0.801. The van der Waals surface area contributed by atoms with E-state index in [0.717, 1.165) is 27.4 Å². The van der Waals surface area contributed by atoms with Crippen LogP contribution in [-0.4, -0.2) is 37.2 Å². The van der Waals surface area contributed by atoms with E-state index < -0.39 is 6.29 Å². The van der Waals surface area contributed by atoms with Crippen LogP contribution in [0.5, 0.6) is 0 Å². The number of ether oxygens (including phenoxy) is 2. The standard InChI is InChI=1S/C22H27N5O3S/c1-14-19(13-31-22-24-25-26-27(22)2)29-21(18-9-3-15(11-23)4-10-18)30-20(14)17-7-5-16(12-28)6-8-17/h3-10,14,19-21,28H,11-13,23H2,1-2H3/t14-,19+,20+,21+/m0/s1. The van der Waals surface area contributed by atoms with Gasteiger partial charge in [0.05, 0.1) is 18.8 Å². The zero-order valence-corrected chi connectivity index (χ0v) is 18.4. The Morgan fingerprint density at radius 1 is 1.03 bits per heavy atom. The summed E-state index contributed by atoms with van der Waals surface area (Å²) in [4.78, 5) is 0. The first-order chi connectivity index (χ1) is 15.1. The summed E-state index contributed by atoms with van der Waals surface area (Å²) < 4.78 is 14.5. The summed E-state index contributed by atoms with van der Waals surface area (Å²) in [5.41, 5.74) is 9.69. The molecule has 1 fully saturated rings. The van der Waals surface area contributed by atoms with Gasteiger partial charge in [0.2, 0.25) is 5.16 Å². The molecule has 8 nitrogen and oxygen atoms in total. The fourth-order valence-electron chi connectivity index (χ4n) is 3.62. The van der Waals surface area contributed by atoms with Crippen molar-refractivity contribution in [2.24, 2.45) is 18.7 Å². The highest BCUT2D eigenvalue weighted by atomic mass is 32.2. The summed E-state index contributed by atoms with van der Waals surface area (Å²) in [6.45, 7) is 2.65. The number of aliphatic hydroxyl groups excluding tert-OH is 1. The minimum Gasteiger partial charge on any atom is -0.392 e. The molecule has 3 aromatic rings. The molecule has 164 valence electrons. The lowest BCUT2D eigenvalue weighted by molar-refractivity contribution is -0.268. The third-order valence-electron chi connectivity index (χ3n) is 5.57. The van der Waals surface area contributed by atoms with Gasteiger partial charge in [-0.2, -0.15) is 0 Å². The SMILES string of the molecule is C[C@H]1[C@@H](CSc2nnnn2C)O[C@@H](c2ccc(CN)cc2)O[C@H]1c1ccc(CO)cc1. The topological polar surface area (TPSA) is 108 Å². The fraction of sp³-hybridized carbons (Fsp3) is 0.409. The molecule has 1 aliphatic heterocycles. The molecular weight excluding hydrogens is 414 g/mol. The lowest BCUT2D eigenvalue weighted by Gasteiger charge is -2.41. The molecule has 9 heteroatoms. The maximum Gasteiger partial charge on any atom is 0.209 e. The molecular formula is C22H27N5O3S. The molecule has 2 aromatic carbocycles. The van der Waals surface area contributed by atoms with Crippen LogP contribution >= 0.6 is 11.8 Å². The number of aryl methyl sites for hydroxylation is 1. The number of nitrogens with two attached hydrogens (primary N) is 1. The third kappa shape index (κ3) is 4.97. The number of nitrogens with zero attached hydrogens (tertiary/aromatic N) is 4. The van der Waals surface area contributed by atoms with Crippen molar-refractivity contribution in [2.45, 2.75) is 43.7 Å². The van der Waals surface area contributed by atoms with Gasteiger partial charge in [0.15, 0.2) is 6.29 Å². The number of tetrazole rings is 1. The highest BCUT2D eigenvalue weighted by molar-refractivity contribution is 7.99. The normalized spacial score (nSPS) is 23.7. The monoisotopic (exact) mass is 441 g/mol. The Bertz CT molecular complexity index is 980. The van der Waals surface area contributed by atoms with Crippen molar-refractivity contribution in [1.82, 2.24) is 20.2 Å². The van der Waals surface area contributed by atoms with Crippen molar-refractivity contribution < 1.29 is 14.6 Å². The van der Waals surface area contributed by atoms with Crippen molar-refractivity contribution in [3.63, 3.8) is 0 Å². The predicted molar refractivity (Wildman–Crippen MR) is 117 cm³/mol. The maximum absolute atomic E-state index is 9.37. The van der Waals surface area contributed by atoms with E-state index in [1.807, 2.05) is 55.6 Å². The smallest absolute Gasteiger partial charge is 0.209 e. The van der Waals surface area contributed by atoms with E-state index in [1.54, 1.807) is 16.4 Å². The second-order valence-corrected chi connectivity index (χ2v) is 8.65. The summed E-state index contributed by atoms with van der Waals surface area (Å²) in [7, 11) is 1.82. The van der Waals surface area contributed by atoms with Crippen molar-refractivity contribution in [3.8, 4) is 0 Å². The van der Waals surface area contributed by atoms with E-state index in [9.17, 15) is 5.11 Å². The zero-order valence-electron chi connectivity index (χ0n) is 17.6. The number of aliphatic hydroxyl groups is 1. The quantitative estimate of drug-likeness (QED) is 0.539. The van der Waals surface area contributed by atoms with E-state index in [2.05, 4.69) is 22.4 Å². The minimum absolute atomic E-state index is 0.0194. The average Bonchev–Trinajstić information content (AvgIpc) is 3.23. The Morgan fingerprint density at radius 3 is 2.32 bits per heavy atom. The van der Waals surface area contributed by atoms with Crippen LogP contribution in [-0.2, 0) is 29.7 Å². The first-order valence-electron chi connectivity index (χ1n) is 10.2. The number of rotatable bonds is 7. The highest BCUT2D eigenvalue weighted by Gasteiger charge is 2.38. The van der Waals surface area contributed by atoms with Crippen molar-refractivity contribution >= 4 is 11.8 Å². The highest BCUT2D eigenvalue weighted by Crippen LogP contribution is 2.42. The van der Waals surface area contributed by atoms with Gasteiger partial charge in [0.25, 0.3) is 0 Å². The maximum atomic E-state index is 9.37. The van der Waals surface area contributed by atoms with Gasteiger partial charge >= 0.3 is 0 Å². The molecule has 0 aliphatic carbocycles. The molecule has 0 amide bonds. The number of aromatic nitrogens is 4. The lowest BCUT2D eigenvalue weighted by Crippen LogP contribution is -2.38. The summed E-state index contributed by atoms with van der Waals surface area (Å²) in [6.07, 6.45) is -0.713. The summed E-state index contributed by atoms with van der Waals surface area (Å²) in [6, 6.07) is 15.9. The zero-order chi connectivity index (χ0) is 21.8. The number of benzene rings is 2. The van der Waals surface area contributed by atoms with Gasteiger partial charge in [-0.25, -0.2) is 4.68 Å². The van der Waals surface area contributed by atoms with Crippen LogP contribution in [0.3, 0.4) is 0 Å². The Kier molecular flexibility index (Phi) is 6.99. The molecule has 0 bridgehead atoms. The molecule has 0 radical (unpaired) electrons. The van der Waals surface area contributed by atoms with Crippen molar-refractivity contribution in [3.05, 3.63) is 70.8 Å². The van der Waals surface area contributed by atoms with Gasteiger partial charge in [-0.3, -0.25) is 0 Å². The summed E-state index contributed by atoms with van der Waals surface area (Å²) >= 11 is 1.57. The van der Waals surface area contributed by atoms with Gasteiger partial charge in [-0.15, -0.1) is 5.10 Å². The second kappa shape index (κ2) is 9.88. The average molecular weight is 442 g/mol. The molecule has 4 atom stereocenters. The number of hydrogen-bond acceptors (Lipinski definition) is 8. The molecule has 1 saturated heterocycles. The molecule has 4 rings (SSSR count). The lowest BCUT2D eigenvalue weighted by atomic mass is 9.91. The first-order valence-corrected chi connectivity index (χ1v) is 11.2. The van der Waals surface area contributed by atoms with Crippen LogP contribution in [0.4, 0.5) is 0 Å². The molecule has 1 aromatic heterocycles. The first kappa shape index (κ1) is 21.9. The van der Waals surface area contributed by atoms with Gasteiger partial charge in [-0.1, -0.05) is 67.2 Å². The minimum atomic E-state index is -0.492. The van der Waals surface area contributed by atoms with Crippen LogP contribution in [0.1, 0.15) is 41.6 Å². The van der Waals surface area contributed by atoms with E-state index >= 15 is 0 Å². The van der Waals surface area contributed by atoms with E-state index in [1.165, 1.54) is 0 Å². The van der Waals surface area contributed by atoms with Crippen LogP contribution in [0.2, 0.25) is 0 Å². The second-order valence-electron chi connectivity index (χ2n) is 7.66. The molecule has 0 spiro atoms. The third-order valence-corrected chi connectivity index (χ3v) is 6.67. The van der Waals surface area contributed by atoms with Crippen molar-refractivity contribution in [2.75, 3.05) is 5.75 Å². The Morgan fingerprint density at radius 2 is 1.71 bits per heavy atom. The molecule has 0 unspecified atom stereocenters. The predicted octanol–water partition coefficient (Wildman–Crippen LogP) is 2.74.